The predicted octanol–water partition coefficient (Wildman–Crippen LogP) is 3.57. The standard InChI is InChI=1S/C22H28ClN3O3S.C2H2O4/c1-2-26(19-11-7-4-8-12-19)30(28,29)21-15-18(13-14-20(21)23)25-22(27)16-24-17-9-5-3-6-10-17;3-1(4)2(5)6/h4,7-8,11-15,17,24H,2-3,5-6,9-10,16H2,1H3,(H,25,27);(H,3,4)(H,5,6). The van der Waals surface area contributed by atoms with Crippen LogP contribution in [0.3, 0.4) is 0 Å². The molecule has 1 aliphatic carbocycles. The minimum absolute atomic E-state index is 0.0343. The Kier molecular flexibility index (Phi) is 11.2. The smallest absolute Gasteiger partial charge is 0.414 e. The summed E-state index contributed by atoms with van der Waals surface area (Å²) in [4.78, 5) is 30.5. The number of carbonyl (C=O) groups is 3. The van der Waals surface area contributed by atoms with Crippen molar-refractivity contribution in [3.8, 4) is 0 Å². The Bertz CT molecular complexity index is 1140. The van der Waals surface area contributed by atoms with E-state index in [0.717, 1.165) is 12.8 Å². The first-order valence-electron chi connectivity index (χ1n) is 11.4. The Morgan fingerprint density at radius 1 is 1.00 bits per heavy atom. The number of carbonyl (C=O) groups excluding carboxylic acids is 1. The third-order valence-corrected chi connectivity index (χ3v) is 7.84. The van der Waals surface area contributed by atoms with Crippen molar-refractivity contribution in [1.29, 1.82) is 0 Å². The summed E-state index contributed by atoms with van der Waals surface area (Å²) in [6.07, 6.45) is 5.80. The summed E-state index contributed by atoms with van der Waals surface area (Å²) in [6, 6.07) is 13.8. The molecule has 1 fully saturated rings. The van der Waals surface area contributed by atoms with Gasteiger partial charge in [-0.3, -0.25) is 9.10 Å². The molecule has 0 saturated heterocycles. The highest BCUT2D eigenvalue weighted by molar-refractivity contribution is 7.93. The third kappa shape index (κ3) is 8.51. The molecule has 1 amide bonds. The first-order valence-corrected chi connectivity index (χ1v) is 13.2. The molecule has 0 aromatic heterocycles. The molecule has 0 atom stereocenters. The van der Waals surface area contributed by atoms with Gasteiger partial charge in [-0.05, 0) is 50.1 Å². The number of rotatable bonds is 8. The Labute approximate surface area is 215 Å². The van der Waals surface area contributed by atoms with Crippen LogP contribution in [0.2, 0.25) is 5.02 Å². The van der Waals surface area contributed by atoms with Crippen LogP contribution in [0.5, 0.6) is 0 Å². The molecule has 0 unspecified atom stereocenters. The monoisotopic (exact) mass is 539 g/mol. The second-order valence-corrected chi connectivity index (χ2v) is 10.3. The number of aliphatic carboxylic acids is 2. The predicted molar refractivity (Wildman–Crippen MR) is 137 cm³/mol. The van der Waals surface area contributed by atoms with E-state index in [2.05, 4.69) is 10.6 Å². The zero-order valence-corrected chi connectivity index (χ0v) is 21.4. The molecule has 10 nitrogen and oxygen atoms in total. The van der Waals surface area contributed by atoms with Crippen LogP contribution in [0.15, 0.2) is 53.4 Å². The molecule has 1 saturated carbocycles. The number of amides is 1. The molecule has 0 radical (unpaired) electrons. The number of halogens is 1. The lowest BCUT2D eigenvalue weighted by Crippen LogP contribution is -2.37. The van der Waals surface area contributed by atoms with Crippen LogP contribution in [0.4, 0.5) is 11.4 Å². The van der Waals surface area contributed by atoms with Gasteiger partial charge in [-0.15, -0.1) is 0 Å². The lowest BCUT2D eigenvalue weighted by molar-refractivity contribution is -0.159. The van der Waals surface area contributed by atoms with Gasteiger partial charge in [0.05, 0.1) is 17.3 Å². The minimum Gasteiger partial charge on any atom is -0.473 e. The summed E-state index contributed by atoms with van der Waals surface area (Å²) in [5, 5.41) is 21.0. The number of sulfonamides is 1. The van der Waals surface area contributed by atoms with Gasteiger partial charge in [0, 0.05) is 18.3 Å². The van der Waals surface area contributed by atoms with Crippen molar-refractivity contribution in [2.24, 2.45) is 0 Å². The quantitative estimate of drug-likeness (QED) is 0.371. The highest BCUT2D eigenvalue weighted by Gasteiger charge is 2.26. The lowest BCUT2D eigenvalue weighted by atomic mass is 9.95. The van der Waals surface area contributed by atoms with E-state index in [4.69, 9.17) is 31.4 Å². The summed E-state index contributed by atoms with van der Waals surface area (Å²) >= 11 is 6.24. The molecule has 36 heavy (non-hydrogen) atoms. The number of anilines is 2. The largest absolute Gasteiger partial charge is 0.473 e. The Balaban J connectivity index is 0.000000678. The van der Waals surface area contributed by atoms with E-state index in [1.807, 2.05) is 6.07 Å². The van der Waals surface area contributed by atoms with Crippen LogP contribution in [-0.2, 0) is 24.4 Å². The van der Waals surface area contributed by atoms with E-state index in [-0.39, 0.29) is 28.9 Å². The van der Waals surface area contributed by atoms with Gasteiger partial charge in [0.2, 0.25) is 5.91 Å². The number of carboxylic acids is 2. The van der Waals surface area contributed by atoms with Crippen LogP contribution >= 0.6 is 11.6 Å². The molecule has 0 bridgehead atoms. The number of benzene rings is 2. The molecular weight excluding hydrogens is 510 g/mol. The van der Waals surface area contributed by atoms with E-state index in [1.54, 1.807) is 37.3 Å². The van der Waals surface area contributed by atoms with Crippen molar-refractivity contribution in [2.75, 3.05) is 22.7 Å². The first kappa shape index (κ1) is 29.1. The molecule has 0 spiro atoms. The summed E-state index contributed by atoms with van der Waals surface area (Å²) in [5.74, 6) is -3.85. The fourth-order valence-corrected chi connectivity index (χ4v) is 5.71. The van der Waals surface area contributed by atoms with Crippen LogP contribution in [0.25, 0.3) is 0 Å². The summed E-state index contributed by atoms with van der Waals surface area (Å²) in [6.45, 7) is 2.21. The second-order valence-electron chi connectivity index (χ2n) is 8.02. The van der Waals surface area contributed by atoms with Crippen molar-refractivity contribution >= 4 is 50.8 Å². The first-order chi connectivity index (χ1) is 17.1. The topological polar surface area (TPSA) is 153 Å². The normalized spacial score (nSPS) is 13.7. The second kappa shape index (κ2) is 13.8. The van der Waals surface area contributed by atoms with E-state index in [1.165, 1.54) is 35.7 Å². The zero-order valence-electron chi connectivity index (χ0n) is 19.8. The van der Waals surface area contributed by atoms with Crippen molar-refractivity contribution in [1.82, 2.24) is 5.32 Å². The van der Waals surface area contributed by atoms with E-state index < -0.39 is 22.0 Å². The number of carboxylic acid groups (broad SMARTS) is 2. The lowest BCUT2D eigenvalue weighted by Gasteiger charge is -2.24. The van der Waals surface area contributed by atoms with Gasteiger partial charge in [-0.25, -0.2) is 18.0 Å². The summed E-state index contributed by atoms with van der Waals surface area (Å²) in [7, 11) is -3.89. The van der Waals surface area contributed by atoms with Gasteiger partial charge >= 0.3 is 11.9 Å². The molecule has 0 heterocycles. The maximum atomic E-state index is 13.3. The molecule has 0 aliphatic heterocycles. The summed E-state index contributed by atoms with van der Waals surface area (Å²) in [5.41, 5.74) is 0.958. The number of hydrogen-bond donors (Lipinski definition) is 4. The Hall–Kier alpha value is -3.15. The molecule has 4 N–H and O–H groups in total. The van der Waals surface area contributed by atoms with Crippen molar-refractivity contribution in [3.05, 3.63) is 53.6 Å². The maximum absolute atomic E-state index is 13.3. The molecular formula is C24H30ClN3O7S. The Morgan fingerprint density at radius 2 is 1.61 bits per heavy atom. The third-order valence-electron chi connectivity index (χ3n) is 5.45. The number of hydrogen-bond acceptors (Lipinski definition) is 6. The number of nitrogens with zero attached hydrogens (tertiary/aromatic N) is 1. The molecule has 2 aromatic carbocycles. The van der Waals surface area contributed by atoms with Gasteiger partial charge in [0.1, 0.15) is 4.90 Å². The van der Waals surface area contributed by atoms with Gasteiger partial charge in [-0.2, -0.15) is 0 Å². The molecule has 196 valence electrons. The van der Waals surface area contributed by atoms with Gasteiger partial charge in [-0.1, -0.05) is 49.1 Å². The zero-order chi connectivity index (χ0) is 26.7. The fraction of sp³-hybridized carbons (Fsp3) is 0.375. The molecule has 2 aromatic rings. The van der Waals surface area contributed by atoms with Gasteiger partial charge in [0.25, 0.3) is 10.0 Å². The van der Waals surface area contributed by atoms with Crippen LogP contribution in [0.1, 0.15) is 39.0 Å². The van der Waals surface area contributed by atoms with E-state index in [9.17, 15) is 13.2 Å². The maximum Gasteiger partial charge on any atom is 0.414 e. The summed E-state index contributed by atoms with van der Waals surface area (Å²) < 4.78 is 27.8. The number of nitrogens with one attached hydrogen (secondary N) is 2. The molecule has 12 heteroatoms. The van der Waals surface area contributed by atoms with E-state index >= 15 is 0 Å². The average molecular weight is 540 g/mol. The molecule has 3 rings (SSSR count). The Morgan fingerprint density at radius 3 is 2.17 bits per heavy atom. The highest BCUT2D eigenvalue weighted by Crippen LogP contribution is 2.30. The van der Waals surface area contributed by atoms with Crippen LogP contribution in [0, 0.1) is 0 Å². The minimum atomic E-state index is -3.89. The van der Waals surface area contributed by atoms with Crippen LogP contribution in [-0.4, -0.2) is 55.6 Å². The van der Waals surface area contributed by atoms with Crippen molar-refractivity contribution in [3.63, 3.8) is 0 Å². The van der Waals surface area contributed by atoms with Gasteiger partial charge < -0.3 is 20.8 Å². The van der Waals surface area contributed by atoms with E-state index in [0.29, 0.717) is 17.4 Å². The van der Waals surface area contributed by atoms with Crippen molar-refractivity contribution < 1.29 is 33.0 Å². The van der Waals surface area contributed by atoms with Crippen LogP contribution < -0.4 is 14.9 Å². The number of para-hydroxylation sites is 1. The molecule has 1 aliphatic rings. The van der Waals surface area contributed by atoms with Crippen molar-refractivity contribution in [2.45, 2.75) is 50.0 Å². The SMILES string of the molecule is CCN(c1ccccc1)S(=O)(=O)c1cc(NC(=O)CNC2CCCCC2)ccc1Cl.O=C(O)C(=O)O. The fourth-order valence-electron chi connectivity index (χ4n) is 3.73. The average Bonchev–Trinajstić information content (AvgIpc) is 2.86. The van der Waals surface area contributed by atoms with Gasteiger partial charge in [0.15, 0.2) is 0 Å². The highest BCUT2D eigenvalue weighted by atomic mass is 35.5.